The van der Waals surface area contributed by atoms with Crippen LogP contribution in [-0.2, 0) is 32.5 Å². The molecule has 0 saturated heterocycles. The molecule has 3 N–H and O–H groups in total. The van der Waals surface area contributed by atoms with E-state index in [-0.39, 0.29) is 22.8 Å². The Hall–Kier alpha value is -2.71. The molecule has 7 nitrogen and oxygen atoms in total. The van der Waals surface area contributed by atoms with Crippen LogP contribution < -0.4 is 15.4 Å². The minimum atomic E-state index is -3.45. The van der Waals surface area contributed by atoms with Crippen molar-refractivity contribution in [3.63, 3.8) is 0 Å². The van der Waals surface area contributed by atoms with Crippen LogP contribution in [0.5, 0.6) is 0 Å². The SMILES string of the molecule is O=C(CCc1ccc(S(=O)(=O)NC2CC2)cc1)NCCNC(=O)Cc1ccccc1. The summed E-state index contributed by atoms with van der Waals surface area (Å²) >= 11 is 0. The van der Waals surface area contributed by atoms with Gasteiger partial charge in [-0.15, -0.1) is 0 Å². The zero-order valence-corrected chi connectivity index (χ0v) is 17.6. The second kappa shape index (κ2) is 10.4. The molecule has 2 amide bonds. The monoisotopic (exact) mass is 429 g/mol. The number of amides is 2. The van der Waals surface area contributed by atoms with E-state index in [9.17, 15) is 18.0 Å². The summed E-state index contributed by atoms with van der Waals surface area (Å²) in [5.41, 5.74) is 1.84. The van der Waals surface area contributed by atoms with Crippen LogP contribution in [0, 0.1) is 0 Å². The van der Waals surface area contributed by atoms with Crippen LogP contribution in [0.15, 0.2) is 59.5 Å². The topological polar surface area (TPSA) is 104 Å². The van der Waals surface area contributed by atoms with E-state index in [2.05, 4.69) is 15.4 Å². The van der Waals surface area contributed by atoms with E-state index in [1.807, 2.05) is 30.3 Å². The summed E-state index contributed by atoms with van der Waals surface area (Å²) in [5, 5.41) is 5.56. The van der Waals surface area contributed by atoms with Gasteiger partial charge in [-0.2, -0.15) is 0 Å². The molecule has 2 aromatic rings. The lowest BCUT2D eigenvalue weighted by molar-refractivity contribution is -0.122. The second-order valence-corrected chi connectivity index (χ2v) is 9.12. The number of nitrogens with one attached hydrogen (secondary N) is 3. The van der Waals surface area contributed by atoms with Crippen molar-refractivity contribution in [2.24, 2.45) is 0 Å². The van der Waals surface area contributed by atoms with Gasteiger partial charge in [0.15, 0.2) is 0 Å². The fourth-order valence-corrected chi connectivity index (χ4v) is 4.22. The standard InChI is InChI=1S/C22H27N3O4S/c26-21(23-14-15-24-22(27)16-18-4-2-1-3-5-18)13-8-17-6-11-20(12-7-17)30(28,29)25-19-9-10-19/h1-7,11-12,19,25H,8-10,13-16H2,(H,23,26)(H,24,27). The molecule has 0 radical (unpaired) electrons. The molecule has 0 aliphatic heterocycles. The predicted octanol–water partition coefficient (Wildman–Crippen LogP) is 1.54. The van der Waals surface area contributed by atoms with Gasteiger partial charge in [0, 0.05) is 25.6 Å². The van der Waals surface area contributed by atoms with E-state index in [0.717, 1.165) is 24.0 Å². The highest BCUT2D eigenvalue weighted by Crippen LogP contribution is 2.22. The van der Waals surface area contributed by atoms with E-state index in [4.69, 9.17) is 0 Å². The van der Waals surface area contributed by atoms with Gasteiger partial charge in [0.1, 0.15) is 0 Å². The zero-order valence-electron chi connectivity index (χ0n) is 16.8. The minimum Gasteiger partial charge on any atom is -0.354 e. The van der Waals surface area contributed by atoms with Crippen molar-refractivity contribution in [3.05, 3.63) is 65.7 Å². The lowest BCUT2D eigenvalue weighted by atomic mass is 10.1. The molecule has 30 heavy (non-hydrogen) atoms. The summed E-state index contributed by atoms with van der Waals surface area (Å²) in [7, 11) is -3.45. The number of aryl methyl sites for hydroxylation is 1. The van der Waals surface area contributed by atoms with Gasteiger partial charge in [0.2, 0.25) is 21.8 Å². The van der Waals surface area contributed by atoms with Crippen LogP contribution >= 0.6 is 0 Å². The molecular weight excluding hydrogens is 402 g/mol. The summed E-state index contributed by atoms with van der Waals surface area (Å²) in [6.45, 7) is 0.737. The van der Waals surface area contributed by atoms with Gasteiger partial charge in [0.05, 0.1) is 11.3 Å². The van der Waals surface area contributed by atoms with Crippen molar-refractivity contribution in [2.75, 3.05) is 13.1 Å². The molecule has 1 aliphatic carbocycles. The molecular formula is C22H27N3O4S. The molecule has 1 aliphatic rings. The first-order chi connectivity index (χ1) is 14.4. The molecule has 0 atom stereocenters. The molecule has 0 bridgehead atoms. The summed E-state index contributed by atoms with van der Waals surface area (Å²) in [4.78, 5) is 24.1. The highest BCUT2D eigenvalue weighted by Gasteiger charge is 2.27. The Kier molecular flexibility index (Phi) is 7.59. The number of hydrogen-bond acceptors (Lipinski definition) is 4. The lowest BCUT2D eigenvalue weighted by Crippen LogP contribution is -2.35. The van der Waals surface area contributed by atoms with Crippen LogP contribution in [0.4, 0.5) is 0 Å². The third-order valence-corrected chi connectivity index (χ3v) is 6.29. The average molecular weight is 430 g/mol. The Morgan fingerprint density at radius 1 is 0.833 bits per heavy atom. The largest absolute Gasteiger partial charge is 0.354 e. The van der Waals surface area contributed by atoms with Gasteiger partial charge in [-0.3, -0.25) is 9.59 Å². The first kappa shape index (κ1) is 22.0. The van der Waals surface area contributed by atoms with Crippen molar-refractivity contribution in [1.82, 2.24) is 15.4 Å². The fraction of sp³-hybridized carbons (Fsp3) is 0.364. The van der Waals surface area contributed by atoms with Crippen molar-refractivity contribution in [3.8, 4) is 0 Å². The van der Waals surface area contributed by atoms with Gasteiger partial charge in [0.25, 0.3) is 0 Å². The van der Waals surface area contributed by atoms with Crippen molar-refractivity contribution in [1.29, 1.82) is 0 Å². The zero-order chi connectivity index (χ0) is 21.4. The van der Waals surface area contributed by atoms with E-state index < -0.39 is 10.0 Å². The van der Waals surface area contributed by atoms with Gasteiger partial charge in [-0.1, -0.05) is 42.5 Å². The maximum atomic E-state index is 12.2. The summed E-state index contributed by atoms with van der Waals surface area (Å²) in [6.07, 6.45) is 2.91. The number of hydrogen-bond donors (Lipinski definition) is 3. The normalized spacial score (nSPS) is 13.6. The van der Waals surface area contributed by atoms with Crippen molar-refractivity contribution in [2.45, 2.75) is 43.0 Å². The molecule has 160 valence electrons. The van der Waals surface area contributed by atoms with Gasteiger partial charge >= 0.3 is 0 Å². The Morgan fingerprint density at radius 3 is 2.10 bits per heavy atom. The summed E-state index contributed by atoms with van der Waals surface area (Å²) in [5.74, 6) is -0.193. The quantitative estimate of drug-likeness (QED) is 0.471. The molecule has 8 heteroatoms. The number of carbonyl (C=O) groups excluding carboxylic acids is 2. The third kappa shape index (κ3) is 7.27. The number of rotatable bonds is 11. The van der Waals surface area contributed by atoms with E-state index in [0.29, 0.717) is 32.4 Å². The van der Waals surface area contributed by atoms with Crippen molar-refractivity contribution >= 4 is 21.8 Å². The predicted molar refractivity (Wildman–Crippen MR) is 114 cm³/mol. The lowest BCUT2D eigenvalue weighted by Gasteiger charge is -2.08. The molecule has 0 spiro atoms. The smallest absolute Gasteiger partial charge is 0.240 e. The molecule has 0 heterocycles. The maximum Gasteiger partial charge on any atom is 0.240 e. The average Bonchev–Trinajstić information content (AvgIpc) is 3.54. The molecule has 0 aromatic heterocycles. The first-order valence-corrected chi connectivity index (χ1v) is 11.6. The number of carbonyl (C=O) groups is 2. The van der Waals surface area contributed by atoms with Gasteiger partial charge in [-0.25, -0.2) is 13.1 Å². The number of sulfonamides is 1. The molecule has 1 fully saturated rings. The van der Waals surface area contributed by atoms with Gasteiger partial charge in [-0.05, 0) is 42.5 Å². The second-order valence-electron chi connectivity index (χ2n) is 7.40. The Labute approximate surface area is 177 Å². The van der Waals surface area contributed by atoms with E-state index in [1.54, 1.807) is 24.3 Å². The van der Waals surface area contributed by atoms with E-state index >= 15 is 0 Å². The minimum absolute atomic E-state index is 0.0708. The summed E-state index contributed by atoms with van der Waals surface area (Å²) < 4.78 is 26.9. The van der Waals surface area contributed by atoms with Crippen LogP contribution in [0.3, 0.4) is 0 Å². The van der Waals surface area contributed by atoms with E-state index in [1.165, 1.54) is 0 Å². The summed E-state index contributed by atoms with van der Waals surface area (Å²) in [6, 6.07) is 16.2. The Morgan fingerprint density at radius 2 is 1.47 bits per heavy atom. The van der Waals surface area contributed by atoms with Crippen molar-refractivity contribution < 1.29 is 18.0 Å². The Bertz CT molecular complexity index is 956. The fourth-order valence-electron chi connectivity index (χ4n) is 2.92. The number of benzene rings is 2. The molecule has 2 aromatic carbocycles. The highest BCUT2D eigenvalue weighted by atomic mass is 32.2. The Balaban J connectivity index is 1.32. The maximum absolute atomic E-state index is 12.2. The van der Waals surface area contributed by atoms with Gasteiger partial charge < -0.3 is 10.6 Å². The molecule has 0 unspecified atom stereocenters. The molecule has 3 rings (SSSR count). The van der Waals surface area contributed by atoms with Crippen LogP contribution in [0.25, 0.3) is 0 Å². The third-order valence-electron chi connectivity index (χ3n) is 4.75. The van der Waals surface area contributed by atoms with Crippen LogP contribution in [0.2, 0.25) is 0 Å². The van der Waals surface area contributed by atoms with Crippen LogP contribution in [0.1, 0.15) is 30.4 Å². The highest BCUT2D eigenvalue weighted by molar-refractivity contribution is 7.89. The molecule has 1 saturated carbocycles. The van der Waals surface area contributed by atoms with Crippen LogP contribution in [-0.4, -0.2) is 39.4 Å². The first-order valence-electron chi connectivity index (χ1n) is 10.1.